The van der Waals surface area contributed by atoms with E-state index in [1.807, 2.05) is 44.4 Å². The molecule has 3 atom stereocenters. The van der Waals surface area contributed by atoms with Gasteiger partial charge >= 0.3 is 0 Å². The van der Waals surface area contributed by atoms with Crippen LogP contribution < -0.4 is 0 Å². The van der Waals surface area contributed by atoms with Crippen molar-refractivity contribution in [3.05, 3.63) is 69.7 Å². The zero-order valence-electron chi connectivity index (χ0n) is 15.9. The Hall–Kier alpha value is -1.10. The number of halogens is 2. The molecule has 0 aliphatic heterocycles. The fourth-order valence-corrected chi connectivity index (χ4v) is 4.53. The van der Waals surface area contributed by atoms with Gasteiger partial charge in [0.05, 0.1) is 18.3 Å². The summed E-state index contributed by atoms with van der Waals surface area (Å²) in [4.78, 5) is 2.11. The molecule has 27 heavy (non-hydrogen) atoms. The highest BCUT2D eigenvalue weighted by Gasteiger charge is 2.44. The second-order valence-corrected chi connectivity index (χ2v) is 8.61. The van der Waals surface area contributed by atoms with E-state index >= 15 is 0 Å². The summed E-state index contributed by atoms with van der Waals surface area (Å²) >= 11 is 12.4. The van der Waals surface area contributed by atoms with Gasteiger partial charge in [-0.3, -0.25) is 0 Å². The van der Waals surface area contributed by atoms with Gasteiger partial charge in [-0.25, -0.2) is 0 Å². The van der Waals surface area contributed by atoms with Crippen molar-refractivity contribution < 1.29 is 9.84 Å². The molecule has 2 aromatic rings. The average Bonchev–Trinajstić information content (AvgIpc) is 2.62. The van der Waals surface area contributed by atoms with Gasteiger partial charge in [-0.2, -0.15) is 0 Å². The van der Waals surface area contributed by atoms with Crippen LogP contribution in [0, 0.1) is 5.92 Å². The van der Waals surface area contributed by atoms with Gasteiger partial charge in [-0.05, 0) is 62.7 Å². The standard InChI is InChI=1S/C22H27Cl2NO2/c1-25(2)14-18-12-21(27-15-16-6-4-3-5-7-16)8-9-22(18,26)17-10-19(23)13-20(24)11-17/h3-7,10-11,13,18,21,26H,8-9,12,14-15H2,1-2H3. The van der Waals surface area contributed by atoms with Crippen LogP contribution in [0.1, 0.15) is 30.4 Å². The Morgan fingerprint density at radius 3 is 2.41 bits per heavy atom. The molecule has 0 radical (unpaired) electrons. The predicted molar refractivity (Wildman–Crippen MR) is 111 cm³/mol. The summed E-state index contributed by atoms with van der Waals surface area (Å²) in [5, 5.41) is 12.7. The molecule has 1 saturated carbocycles. The van der Waals surface area contributed by atoms with E-state index in [0.717, 1.165) is 24.9 Å². The summed E-state index contributed by atoms with van der Waals surface area (Å²) in [6.45, 7) is 1.37. The van der Waals surface area contributed by atoms with Gasteiger partial charge in [0.1, 0.15) is 0 Å². The molecule has 3 nitrogen and oxygen atoms in total. The monoisotopic (exact) mass is 407 g/mol. The zero-order chi connectivity index (χ0) is 19.4. The number of hydrogen-bond acceptors (Lipinski definition) is 3. The molecule has 2 aromatic carbocycles. The molecule has 0 bridgehead atoms. The lowest BCUT2D eigenvalue weighted by atomic mass is 9.70. The largest absolute Gasteiger partial charge is 0.385 e. The van der Waals surface area contributed by atoms with E-state index in [9.17, 15) is 5.11 Å². The summed E-state index contributed by atoms with van der Waals surface area (Å²) in [6.07, 6.45) is 2.36. The third-order valence-corrected chi connectivity index (χ3v) is 5.78. The maximum absolute atomic E-state index is 11.6. The second kappa shape index (κ2) is 8.93. The Kier molecular flexibility index (Phi) is 6.83. The van der Waals surface area contributed by atoms with Crippen LogP contribution in [-0.2, 0) is 16.9 Å². The van der Waals surface area contributed by atoms with E-state index in [-0.39, 0.29) is 12.0 Å². The van der Waals surface area contributed by atoms with Crippen LogP contribution in [0.4, 0.5) is 0 Å². The topological polar surface area (TPSA) is 32.7 Å². The van der Waals surface area contributed by atoms with Gasteiger partial charge in [0.15, 0.2) is 0 Å². The molecule has 0 saturated heterocycles. The first-order valence-corrected chi connectivity index (χ1v) is 10.1. The molecule has 1 N–H and O–H groups in total. The van der Waals surface area contributed by atoms with Gasteiger partial charge in [-0.15, -0.1) is 0 Å². The number of rotatable bonds is 6. The second-order valence-electron chi connectivity index (χ2n) is 7.73. The molecule has 0 aromatic heterocycles. The van der Waals surface area contributed by atoms with Crippen molar-refractivity contribution in [1.29, 1.82) is 0 Å². The van der Waals surface area contributed by atoms with Crippen LogP contribution in [0.25, 0.3) is 0 Å². The molecule has 3 rings (SSSR count). The van der Waals surface area contributed by atoms with Crippen molar-refractivity contribution in [2.75, 3.05) is 20.6 Å². The highest BCUT2D eigenvalue weighted by molar-refractivity contribution is 6.34. The summed E-state index contributed by atoms with van der Waals surface area (Å²) < 4.78 is 6.18. The first-order valence-electron chi connectivity index (χ1n) is 9.36. The van der Waals surface area contributed by atoms with Crippen molar-refractivity contribution in [2.24, 2.45) is 5.92 Å². The SMILES string of the molecule is CN(C)CC1CC(OCc2ccccc2)CCC1(O)c1cc(Cl)cc(Cl)c1. The van der Waals surface area contributed by atoms with Gasteiger partial charge in [0.2, 0.25) is 0 Å². The van der Waals surface area contributed by atoms with Crippen LogP contribution in [0.15, 0.2) is 48.5 Å². The summed E-state index contributed by atoms with van der Waals surface area (Å²) in [5.41, 5.74) is 1.02. The maximum atomic E-state index is 11.6. The molecule has 1 fully saturated rings. The van der Waals surface area contributed by atoms with E-state index in [2.05, 4.69) is 17.0 Å². The van der Waals surface area contributed by atoms with Gasteiger partial charge < -0.3 is 14.7 Å². The lowest BCUT2D eigenvalue weighted by Crippen LogP contribution is -2.46. The average molecular weight is 408 g/mol. The van der Waals surface area contributed by atoms with Crippen LogP contribution in [0.3, 0.4) is 0 Å². The molecular weight excluding hydrogens is 381 g/mol. The minimum atomic E-state index is -0.953. The van der Waals surface area contributed by atoms with Crippen molar-refractivity contribution in [3.8, 4) is 0 Å². The molecule has 3 unspecified atom stereocenters. The number of benzene rings is 2. The molecule has 146 valence electrons. The maximum Gasteiger partial charge on any atom is 0.0939 e. The van der Waals surface area contributed by atoms with E-state index in [4.69, 9.17) is 27.9 Å². The van der Waals surface area contributed by atoms with Crippen LogP contribution in [0.5, 0.6) is 0 Å². The van der Waals surface area contributed by atoms with Gasteiger partial charge in [0, 0.05) is 22.5 Å². The Labute approximate surface area is 171 Å². The predicted octanol–water partition coefficient (Wildman–Crippen LogP) is 5.13. The molecule has 0 spiro atoms. The minimum Gasteiger partial charge on any atom is -0.385 e. The van der Waals surface area contributed by atoms with Crippen LogP contribution in [-0.4, -0.2) is 36.8 Å². The smallest absolute Gasteiger partial charge is 0.0939 e. The summed E-state index contributed by atoms with van der Waals surface area (Å²) in [7, 11) is 4.06. The third-order valence-electron chi connectivity index (χ3n) is 5.35. The Balaban J connectivity index is 1.76. The fourth-order valence-electron chi connectivity index (χ4n) is 4.01. The first-order chi connectivity index (χ1) is 12.9. The zero-order valence-corrected chi connectivity index (χ0v) is 17.4. The van der Waals surface area contributed by atoms with Crippen molar-refractivity contribution in [2.45, 2.75) is 37.6 Å². The molecule has 0 heterocycles. The molecule has 5 heteroatoms. The van der Waals surface area contributed by atoms with Crippen LogP contribution in [0.2, 0.25) is 10.0 Å². The lowest BCUT2D eigenvalue weighted by Gasteiger charge is -2.44. The molecule has 1 aliphatic carbocycles. The number of nitrogens with zero attached hydrogens (tertiary/aromatic N) is 1. The third kappa shape index (κ3) is 5.24. The minimum absolute atomic E-state index is 0.0385. The number of ether oxygens (including phenoxy) is 1. The summed E-state index contributed by atoms with van der Waals surface area (Å²) in [5.74, 6) is 0.0385. The first kappa shape index (κ1) is 20.6. The highest BCUT2D eigenvalue weighted by Crippen LogP contribution is 2.44. The van der Waals surface area contributed by atoms with Gasteiger partial charge in [-0.1, -0.05) is 53.5 Å². The number of aliphatic hydroxyl groups is 1. The van der Waals surface area contributed by atoms with E-state index in [0.29, 0.717) is 23.1 Å². The van der Waals surface area contributed by atoms with Crippen LogP contribution >= 0.6 is 23.2 Å². The quantitative estimate of drug-likeness (QED) is 0.720. The van der Waals surface area contributed by atoms with E-state index in [1.165, 1.54) is 5.56 Å². The molecule has 0 amide bonds. The molecular formula is C22H27Cl2NO2. The normalized spacial score (nSPS) is 25.7. The highest BCUT2D eigenvalue weighted by atomic mass is 35.5. The van der Waals surface area contributed by atoms with E-state index < -0.39 is 5.60 Å². The molecule has 1 aliphatic rings. The summed E-state index contributed by atoms with van der Waals surface area (Å²) in [6, 6.07) is 15.6. The lowest BCUT2D eigenvalue weighted by molar-refractivity contribution is -0.110. The Bertz CT molecular complexity index is 733. The van der Waals surface area contributed by atoms with E-state index in [1.54, 1.807) is 6.07 Å². The fraction of sp³-hybridized carbons (Fsp3) is 0.455. The Morgan fingerprint density at radius 1 is 1.11 bits per heavy atom. The van der Waals surface area contributed by atoms with Crippen molar-refractivity contribution >= 4 is 23.2 Å². The number of hydrogen-bond donors (Lipinski definition) is 1. The van der Waals surface area contributed by atoms with Crippen molar-refractivity contribution in [3.63, 3.8) is 0 Å². The van der Waals surface area contributed by atoms with Crippen molar-refractivity contribution in [1.82, 2.24) is 4.90 Å². The van der Waals surface area contributed by atoms with Gasteiger partial charge in [0.25, 0.3) is 0 Å². The Morgan fingerprint density at radius 2 is 1.78 bits per heavy atom.